The van der Waals surface area contributed by atoms with Crippen LogP contribution in [0.4, 0.5) is 0 Å². The molecule has 4 heteroatoms. The van der Waals surface area contributed by atoms with Crippen LogP contribution in [0.3, 0.4) is 0 Å². The highest BCUT2D eigenvalue weighted by Gasteiger charge is 2.03. The number of Topliss-reactive ketones (excluding diaryl/α,β-unsaturated/α-hetero) is 1. The van der Waals surface area contributed by atoms with Gasteiger partial charge in [-0.15, -0.1) is 0 Å². The van der Waals surface area contributed by atoms with Gasteiger partial charge in [0.1, 0.15) is 5.78 Å². The second kappa shape index (κ2) is 4.77. The number of rotatable bonds is 4. The molecule has 1 aromatic rings. The summed E-state index contributed by atoms with van der Waals surface area (Å²) in [5.74, 6) is -0.318. The molecule has 0 fully saturated rings. The fourth-order valence-electron chi connectivity index (χ4n) is 0.882. The van der Waals surface area contributed by atoms with Gasteiger partial charge in [0.15, 0.2) is 0 Å². The lowest BCUT2D eigenvalue weighted by atomic mass is 10.3. The minimum atomic E-state index is -0.210. The van der Waals surface area contributed by atoms with Crippen molar-refractivity contribution < 1.29 is 9.59 Å². The summed E-state index contributed by atoms with van der Waals surface area (Å²) in [7, 11) is 0. The van der Waals surface area contributed by atoms with Crippen LogP contribution in [0, 0.1) is 0 Å². The predicted molar refractivity (Wildman–Crippen MR) is 51.5 cm³/mol. The minimum Gasteiger partial charge on any atom is -0.352 e. The highest BCUT2D eigenvalue weighted by molar-refractivity contribution is 7.07. The summed E-state index contributed by atoms with van der Waals surface area (Å²) in [4.78, 5) is 21.6. The van der Waals surface area contributed by atoms with Crippen LogP contribution in [0.2, 0.25) is 0 Å². The molecule has 0 radical (unpaired) electrons. The zero-order valence-electron chi connectivity index (χ0n) is 7.37. The summed E-state index contributed by atoms with van der Waals surface area (Å²) < 4.78 is 0. The molecule has 0 bridgehead atoms. The van der Waals surface area contributed by atoms with Crippen LogP contribution in [0.15, 0.2) is 16.8 Å². The fourth-order valence-corrected chi connectivity index (χ4v) is 1.55. The van der Waals surface area contributed by atoms with Gasteiger partial charge in [-0.3, -0.25) is 9.59 Å². The van der Waals surface area contributed by atoms with Crippen LogP contribution in [0.25, 0.3) is 0 Å². The van der Waals surface area contributed by atoms with E-state index in [-0.39, 0.29) is 18.1 Å². The first kappa shape index (κ1) is 9.92. The lowest BCUT2D eigenvalue weighted by molar-refractivity contribution is -0.127. The molecule has 1 rings (SSSR count). The zero-order valence-corrected chi connectivity index (χ0v) is 8.19. The number of hydrogen-bond donors (Lipinski definition) is 1. The molecule has 0 saturated heterocycles. The van der Waals surface area contributed by atoms with E-state index in [0.29, 0.717) is 6.54 Å². The summed E-state index contributed by atoms with van der Waals surface area (Å²) in [5.41, 5.74) is 1.07. The van der Waals surface area contributed by atoms with E-state index in [1.54, 1.807) is 11.3 Å². The molecule has 0 aliphatic carbocycles. The Labute approximate surface area is 80.8 Å². The van der Waals surface area contributed by atoms with Crippen LogP contribution in [-0.2, 0) is 16.1 Å². The highest BCUT2D eigenvalue weighted by Crippen LogP contribution is 2.04. The van der Waals surface area contributed by atoms with Gasteiger partial charge < -0.3 is 5.32 Å². The Morgan fingerprint density at radius 2 is 2.31 bits per heavy atom. The van der Waals surface area contributed by atoms with Crippen molar-refractivity contribution in [1.82, 2.24) is 5.32 Å². The van der Waals surface area contributed by atoms with Crippen LogP contribution in [0.5, 0.6) is 0 Å². The Morgan fingerprint density at radius 3 is 2.85 bits per heavy atom. The molecule has 1 heterocycles. The first-order valence-electron chi connectivity index (χ1n) is 3.95. The van der Waals surface area contributed by atoms with Gasteiger partial charge in [-0.2, -0.15) is 11.3 Å². The summed E-state index contributed by atoms with van der Waals surface area (Å²) in [6.07, 6.45) is -0.0237. The largest absolute Gasteiger partial charge is 0.352 e. The predicted octanol–water partition coefficient (Wildman–Crippen LogP) is 1.34. The maximum Gasteiger partial charge on any atom is 0.227 e. The van der Waals surface area contributed by atoms with E-state index in [1.165, 1.54) is 6.92 Å². The topological polar surface area (TPSA) is 46.2 Å². The quantitative estimate of drug-likeness (QED) is 0.740. The molecule has 0 spiro atoms. The number of hydrogen-bond acceptors (Lipinski definition) is 3. The van der Waals surface area contributed by atoms with Crippen LogP contribution in [-0.4, -0.2) is 11.7 Å². The maximum atomic E-state index is 11.0. The van der Waals surface area contributed by atoms with Crippen molar-refractivity contribution in [1.29, 1.82) is 0 Å². The van der Waals surface area contributed by atoms with Gasteiger partial charge in [0.25, 0.3) is 0 Å². The van der Waals surface area contributed by atoms with E-state index in [4.69, 9.17) is 0 Å². The number of thiophene rings is 1. The average molecular weight is 197 g/mol. The van der Waals surface area contributed by atoms with Crippen molar-refractivity contribution in [2.45, 2.75) is 19.9 Å². The minimum absolute atomic E-state index is 0.0237. The van der Waals surface area contributed by atoms with Gasteiger partial charge in [-0.05, 0) is 29.3 Å². The SMILES string of the molecule is CC(=O)CC(=O)NCc1ccsc1. The van der Waals surface area contributed by atoms with Crippen LogP contribution in [0.1, 0.15) is 18.9 Å². The lowest BCUT2D eigenvalue weighted by Crippen LogP contribution is -2.24. The third-order valence-corrected chi connectivity index (χ3v) is 2.21. The molecule has 70 valence electrons. The number of carbonyl (C=O) groups excluding carboxylic acids is 2. The van der Waals surface area contributed by atoms with Crippen molar-refractivity contribution in [2.75, 3.05) is 0 Å². The molecule has 3 nitrogen and oxygen atoms in total. The third kappa shape index (κ3) is 3.85. The average Bonchev–Trinajstić information content (AvgIpc) is 2.51. The standard InChI is InChI=1S/C9H11NO2S/c1-7(11)4-9(12)10-5-8-2-3-13-6-8/h2-3,6H,4-5H2,1H3,(H,10,12). The summed E-state index contributed by atoms with van der Waals surface area (Å²) in [5, 5.41) is 6.58. The van der Waals surface area contributed by atoms with Gasteiger partial charge in [-0.1, -0.05) is 0 Å². The van der Waals surface area contributed by atoms with Gasteiger partial charge in [-0.25, -0.2) is 0 Å². The Balaban J connectivity index is 2.27. The molecular formula is C9H11NO2S. The Morgan fingerprint density at radius 1 is 1.54 bits per heavy atom. The summed E-state index contributed by atoms with van der Waals surface area (Å²) in [6.45, 7) is 1.92. The van der Waals surface area contributed by atoms with Crippen LogP contribution >= 0.6 is 11.3 Å². The molecule has 0 saturated carbocycles. The first-order chi connectivity index (χ1) is 6.18. The molecule has 0 aliphatic heterocycles. The number of ketones is 1. The Bertz CT molecular complexity index is 293. The number of carbonyl (C=O) groups is 2. The molecule has 0 aliphatic rings. The van der Waals surface area contributed by atoms with Crippen molar-refractivity contribution in [2.24, 2.45) is 0 Å². The lowest BCUT2D eigenvalue weighted by Gasteiger charge is -2.00. The molecule has 1 amide bonds. The van der Waals surface area contributed by atoms with E-state index >= 15 is 0 Å². The van der Waals surface area contributed by atoms with Gasteiger partial charge >= 0.3 is 0 Å². The molecular weight excluding hydrogens is 186 g/mol. The van der Waals surface area contributed by atoms with E-state index in [2.05, 4.69) is 5.32 Å². The van der Waals surface area contributed by atoms with Crippen molar-refractivity contribution in [3.05, 3.63) is 22.4 Å². The molecule has 13 heavy (non-hydrogen) atoms. The molecule has 0 aromatic carbocycles. The van der Waals surface area contributed by atoms with E-state index in [9.17, 15) is 9.59 Å². The maximum absolute atomic E-state index is 11.0. The summed E-state index contributed by atoms with van der Waals surface area (Å²) in [6, 6.07) is 1.94. The second-order valence-corrected chi connectivity index (χ2v) is 3.57. The van der Waals surface area contributed by atoms with Gasteiger partial charge in [0, 0.05) is 6.54 Å². The molecule has 0 unspecified atom stereocenters. The van der Waals surface area contributed by atoms with E-state index in [0.717, 1.165) is 5.56 Å². The zero-order chi connectivity index (χ0) is 9.68. The number of amides is 1. The van der Waals surface area contributed by atoms with E-state index < -0.39 is 0 Å². The fraction of sp³-hybridized carbons (Fsp3) is 0.333. The molecule has 1 aromatic heterocycles. The molecule has 0 atom stereocenters. The van der Waals surface area contributed by atoms with Gasteiger partial charge in [0.05, 0.1) is 6.42 Å². The van der Waals surface area contributed by atoms with Crippen molar-refractivity contribution >= 4 is 23.0 Å². The monoisotopic (exact) mass is 197 g/mol. The second-order valence-electron chi connectivity index (χ2n) is 2.79. The van der Waals surface area contributed by atoms with Crippen LogP contribution < -0.4 is 5.32 Å². The normalized spacial score (nSPS) is 9.62. The smallest absolute Gasteiger partial charge is 0.227 e. The number of nitrogens with one attached hydrogen (secondary N) is 1. The highest BCUT2D eigenvalue weighted by atomic mass is 32.1. The summed E-state index contributed by atoms with van der Waals surface area (Å²) >= 11 is 1.59. The Kier molecular flexibility index (Phi) is 3.64. The van der Waals surface area contributed by atoms with Crippen molar-refractivity contribution in [3.63, 3.8) is 0 Å². The first-order valence-corrected chi connectivity index (χ1v) is 4.90. The molecule has 1 N–H and O–H groups in total. The van der Waals surface area contributed by atoms with Crippen molar-refractivity contribution in [3.8, 4) is 0 Å². The van der Waals surface area contributed by atoms with Gasteiger partial charge in [0.2, 0.25) is 5.91 Å². The third-order valence-electron chi connectivity index (χ3n) is 1.48. The van der Waals surface area contributed by atoms with E-state index in [1.807, 2.05) is 16.8 Å². The Hall–Kier alpha value is -1.16.